The van der Waals surface area contributed by atoms with E-state index in [9.17, 15) is 18.0 Å². The number of carboxylic acid groups (broad SMARTS) is 1. The summed E-state index contributed by atoms with van der Waals surface area (Å²) in [6.07, 6.45) is 21.1. The van der Waals surface area contributed by atoms with Gasteiger partial charge in [-0.25, -0.2) is 0 Å². The minimum absolute atomic E-state index is 0.117. The third-order valence-electron chi connectivity index (χ3n) is 7.53. The third-order valence-corrected chi connectivity index (χ3v) is 8.33. The highest BCUT2D eigenvalue weighted by Gasteiger charge is 2.19. The first-order valence-corrected chi connectivity index (χ1v) is 18.0. The van der Waals surface area contributed by atoms with Gasteiger partial charge in [-0.3, -0.25) is 14.1 Å². The van der Waals surface area contributed by atoms with Crippen molar-refractivity contribution in [2.24, 2.45) is 0 Å². The van der Waals surface area contributed by atoms with Crippen LogP contribution in [0.15, 0.2) is 24.3 Å². The second kappa shape index (κ2) is 24.3. The Labute approximate surface area is 255 Å². The molecule has 2 N–H and O–H groups in total. The molecule has 242 valence electrons. The Hall–Kier alpha value is -2.13. The van der Waals surface area contributed by atoms with Gasteiger partial charge in [-0.05, 0) is 44.2 Å². The number of amides is 1. The van der Waals surface area contributed by atoms with Crippen LogP contribution < -0.4 is 9.64 Å². The molecule has 9 heteroatoms. The van der Waals surface area contributed by atoms with Crippen LogP contribution in [0.2, 0.25) is 0 Å². The summed E-state index contributed by atoms with van der Waals surface area (Å²) in [6, 6.07) is 7.53. The fourth-order valence-corrected chi connectivity index (χ4v) is 5.62. The van der Waals surface area contributed by atoms with Crippen LogP contribution in [0, 0.1) is 0 Å². The van der Waals surface area contributed by atoms with Crippen LogP contribution in [0.5, 0.6) is 5.75 Å². The molecule has 1 rings (SSSR count). The molecule has 1 aromatic rings. The van der Waals surface area contributed by atoms with Crippen molar-refractivity contribution < 1.29 is 32.4 Å². The Balaban J connectivity index is 2.22. The van der Waals surface area contributed by atoms with E-state index >= 15 is 0 Å². The van der Waals surface area contributed by atoms with Gasteiger partial charge >= 0.3 is 5.97 Å². The molecule has 0 aliphatic heterocycles. The largest absolute Gasteiger partial charge is 0.491 e. The van der Waals surface area contributed by atoms with E-state index in [0.29, 0.717) is 44.6 Å². The molecule has 0 bridgehead atoms. The maximum Gasteiger partial charge on any atom is 0.303 e. The fourth-order valence-electron chi connectivity index (χ4n) is 5.05. The minimum atomic E-state index is -3.96. The number of unbranched alkanes of at least 4 members (excludes halogenated alkanes) is 16. The van der Waals surface area contributed by atoms with Gasteiger partial charge in [-0.2, -0.15) is 8.42 Å². The van der Waals surface area contributed by atoms with Crippen molar-refractivity contribution in [2.75, 3.05) is 23.8 Å². The van der Waals surface area contributed by atoms with E-state index in [1.807, 2.05) is 29.2 Å². The van der Waals surface area contributed by atoms with Crippen LogP contribution in [0.25, 0.3) is 0 Å². The van der Waals surface area contributed by atoms with Crippen molar-refractivity contribution in [1.82, 2.24) is 0 Å². The van der Waals surface area contributed by atoms with Crippen LogP contribution >= 0.6 is 0 Å². The molecule has 0 heterocycles. The van der Waals surface area contributed by atoms with Crippen LogP contribution in [-0.2, 0) is 19.7 Å². The molecule has 0 spiro atoms. The Bertz CT molecular complexity index is 951. The number of carbonyl (C=O) groups is 2. The number of hydrogen-bond donors (Lipinski definition) is 2. The summed E-state index contributed by atoms with van der Waals surface area (Å²) in [7, 11) is -3.96. The Morgan fingerprint density at radius 3 is 1.71 bits per heavy atom. The third kappa shape index (κ3) is 20.7. The van der Waals surface area contributed by atoms with Gasteiger partial charge in [0.1, 0.15) is 5.75 Å². The maximum absolute atomic E-state index is 13.2. The highest BCUT2D eigenvalue weighted by atomic mass is 32.2. The number of anilines is 1. The first-order chi connectivity index (χ1) is 20.2. The van der Waals surface area contributed by atoms with Gasteiger partial charge in [-0.15, -0.1) is 0 Å². The Morgan fingerprint density at radius 2 is 1.21 bits per heavy atom. The lowest BCUT2D eigenvalue weighted by Crippen LogP contribution is -2.32. The summed E-state index contributed by atoms with van der Waals surface area (Å²) in [5, 5.41) is 8.65. The van der Waals surface area contributed by atoms with Crippen molar-refractivity contribution in [1.29, 1.82) is 0 Å². The lowest BCUT2D eigenvalue weighted by molar-refractivity contribution is -0.137. The van der Waals surface area contributed by atoms with Crippen molar-refractivity contribution in [3.05, 3.63) is 24.3 Å². The number of nitrogens with zero attached hydrogens (tertiary/aromatic N) is 1. The first-order valence-electron chi connectivity index (χ1n) is 16.4. The van der Waals surface area contributed by atoms with Crippen molar-refractivity contribution >= 4 is 27.7 Å². The van der Waals surface area contributed by atoms with Gasteiger partial charge in [0.2, 0.25) is 5.91 Å². The molecule has 8 nitrogen and oxygen atoms in total. The summed E-state index contributed by atoms with van der Waals surface area (Å²) in [4.78, 5) is 25.6. The Kier molecular flexibility index (Phi) is 21.9. The van der Waals surface area contributed by atoms with Gasteiger partial charge in [-0.1, -0.05) is 109 Å². The van der Waals surface area contributed by atoms with Crippen molar-refractivity contribution in [2.45, 2.75) is 142 Å². The van der Waals surface area contributed by atoms with Gasteiger partial charge in [0.15, 0.2) is 0 Å². The van der Waals surface area contributed by atoms with Crippen molar-refractivity contribution in [3.8, 4) is 5.75 Å². The zero-order chi connectivity index (χ0) is 30.9. The molecule has 0 saturated heterocycles. The molecule has 0 atom stereocenters. The molecule has 0 aromatic heterocycles. The molecule has 0 saturated carbocycles. The monoisotopic (exact) mass is 611 g/mol. The summed E-state index contributed by atoms with van der Waals surface area (Å²) >= 11 is 0. The topological polar surface area (TPSA) is 121 Å². The molecule has 1 amide bonds. The first kappa shape index (κ1) is 37.9. The average molecular weight is 612 g/mol. The molecule has 0 fully saturated rings. The molecule has 42 heavy (non-hydrogen) atoms. The van der Waals surface area contributed by atoms with Crippen LogP contribution in [-0.4, -0.2) is 48.9 Å². The zero-order valence-electron chi connectivity index (χ0n) is 26.1. The van der Waals surface area contributed by atoms with Crippen LogP contribution in [0.3, 0.4) is 0 Å². The molecular weight excluding hydrogens is 554 g/mol. The number of carbonyl (C=O) groups excluding carboxylic acids is 1. The second-order valence-electron chi connectivity index (χ2n) is 11.4. The summed E-state index contributed by atoms with van der Waals surface area (Å²) in [5.41, 5.74) is 0.765. The average Bonchev–Trinajstić information content (AvgIpc) is 2.94. The van der Waals surface area contributed by atoms with Crippen molar-refractivity contribution in [3.63, 3.8) is 0 Å². The molecule has 1 aromatic carbocycles. The second-order valence-corrected chi connectivity index (χ2v) is 13.0. The summed E-state index contributed by atoms with van der Waals surface area (Å²) in [6.45, 7) is 3.07. The number of hydrogen-bond acceptors (Lipinski definition) is 5. The van der Waals surface area contributed by atoms with E-state index in [0.717, 1.165) is 57.1 Å². The van der Waals surface area contributed by atoms with E-state index in [1.54, 1.807) is 0 Å². The van der Waals surface area contributed by atoms with E-state index in [1.165, 1.54) is 57.8 Å². The molecule has 0 aliphatic rings. The normalized spacial score (nSPS) is 11.5. The van der Waals surface area contributed by atoms with Gasteiger partial charge in [0, 0.05) is 19.4 Å². The predicted octanol–water partition coefficient (Wildman–Crippen LogP) is 8.58. The van der Waals surface area contributed by atoms with Gasteiger partial charge in [0.05, 0.1) is 18.0 Å². The number of carboxylic acids is 1. The smallest absolute Gasteiger partial charge is 0.303 e. The quantitative estimate of drug-likeness (QED) is 0.0719. The number of ether oxygens (including phenoxy) is 1. The van der Waals surface area contributed by atoms with Crippen LogP contribution in [0.4, 0.5) is 5.69 Å². The molecular formula is C33H57NO7S. The number of para-hydroxylation sites is 2. The van der Waals surface area contributed by atoms with Crippen LogP contribution in [0.1, 0.15) is 142 Å². The van der Waals surface area contributed by atoms with Gasteiger partial charge in [0.25, 0.3) is 10.1 Å². The lowest BCUT2D eigenvalue weighted by Gasteiger charge is -2.25. The van der Waals surface area contributed by atoms with Gasteiger partial charge < -0.3 is 14.7 Å². The van der Waals surface area contributed by atoms with E-state index in [-0.39, 0.29) is 11.7 Å². The molecule has 0 radical (unpaired) electrons. The summed E-state index contributed by atoms with van der Waals surface area (Å²) < 4.78 is 36.6. The predicted molar refractivity (Wildman–Crippen MR) is 171 cm³/mol. The van der Waals surface area contributed by atoms with E-state index in [2.05, 4.69) is 6.92 Å². The highest BCUT2D eigenvalue weighted by molar-refractivity contribution is 7.85. The standard InChI is InChI=1S/C33H57NO7S/c1-2-3-27-34(30-23-19-20-24-31(30)41-28-21-22-29-42(38,39)40)32(35)25-17-15-13-11-9-7-5-4-6-8-10-12-14-16-18-26-33(36)37/h19-20,23-24H,2-18,21-22,25-29H2,1H3,(H,36,37)(H,38,39,40). The van der Waals surface area contributed by atoms with E-state index in [4.69, 9.17) is 14.4 Å². The SMILES string of the molecule is CCCCN(C(=O)CCCCCCCCCCCCCCCCCC(=O)O)c1ccccc1OCCCCS(=O)(=O)O. The number of aliphatic carboxylic acids is 1. The maximum atomic E-state index is 13.2. The highest BCUT2D eigenvalue weighted by Crippen LogP contribution is 2.29. The zero-order valence-corrected chi connectivity index (χ0v) is 26.9. The molecule has 0 unspecified atom stereocenters. The number of benzene rings is 1. The summed E-state index contributed by atoms with van der Waals surface area (Å²) in [5.74, 6) is -0.221. The minimum Gasteiger partial charge on any atom is -0.491 e. The molecule has 0 aliphatic carbocycles. The van der Waals surface area contributed by atoms with E-state index < -0.39 is 16.1 Å². The number of rotatable bonds is 28. The Morgan fingerprint density at radius 1 is 0.714 bits per heavy atom. The fraction of sp³-hybridized carbons (Fsp3) is 0.758. The lowest BCUT2D eigenvalue weighted by atomic mass is 10.0.